The fraction of sp³-hybridized carbons (Fsp3) is 0.727. The normalized spacial score (nSPS) is 18.8. The Morgan fingerprint density at radius 1 is 1.56 bits per heavy atom. The van der Waals surface area contributed by atoms with Crippen LogP contribution in [0.5, 0.6) is 0 Å². The summed E-state index contributed by atoms with van der Waals surface area (Å²) in [4.78, 5) is 5.28. The van der Waals surface area contributed by atoms with Crippen LogP contribution < -0.4 is 0 Å². The van der Waals surface area contributed by atoms with E-state index >= 15 is 0 Å². The van der Waals surface area contributed by atoms with E-state index < -0.39 is 0 Å². The quantitative estimate of drug-likeness (QED) is 0.786. The van der Waals surface area contributed by atoms with E-state index in [1.165, 1.54) is 19.3 Å². The number of nitrogens with zero attached hydrogens (tertiary/aromatic N) is 2. The van der Waals surface area contributed by atoms with E-state index in [-0.39, 0.29) is 12.1 Å². The molecule has 5 heteroatoms. The highest BCUT2D eigenvalue weighted by Crippen LogP contribution is 2.37. The smallest absolute Gasteiger partial charge is 0.177 e. The summed E-state index contributed by atoms with van der Waals surface area (Å²) in [6.45, 7) is 0.912. The summed E-state index contributed by atoms with van der Waals surface area (Å²) < 4.78 is 2.73. The van der Waals surface area contributed by atoms with Crippen molar-refractivity contribution in [2.75, 3.05) is 14.1 Å². The Labute approximate surface area is 101 Å². The van der Waals surface area contributed by atoms with Crippen LogP contribution >= 0.6 is 12.2 Å². The molecule has 16 heavy (non-hydrogen) atoms. The Hall–Kier alpha value is -0.650. The van der Waals surface area contributed by atoms with Gasteiger partial charge >= 0.3 is 0 Å². The van der Waals surface area contributed by atoms with Crippen molar-refractivity contribution >= 4 is 12.2 Å². The number of likely N-dealkylation sites (N-methyl/N-ethyl adjacent to an activating group) is 1. The van der Waals surface area contributed by atoms with Gasteiger partial charge in [-0.2, -0.15) is 0 Å². The minimum absolute atomic E-state index is 0.0383. The summed E-state index contributed by atoms with van der Waals surface area (Å²) in [7, 11) is 4.24. The van der Waals surface area contributed by atoms with Gasteiger partial charge in [0.1, 0.15) is 0 Å². The molecule has 1 aromatic heterocycles. The van der Waals surface area contributed by atoms with E-state index in [9.17, 15) is 5.11 Å². The summed E-state index contributed by atoms with van der Waals surface area (Å²) in [5.74, 6) is 0. The molecule has 1 heterocycles. The molecule has 4 nitrogen and oxygen atoms in total. The molecule has 0 atom stereocenters. The molecular weight excluding hydrogens is 222 g/mol. The molecular formula is C11H19N3OS. The Balaban J connectivity index is 2.25. The van der Waals surface area contributed by atoms with E-state index in [1.54, 1.807) is 6.20 Å². The highest BCUT2D eigenvalue weighted by atomic mass is 32.1. The molecule has 0 spiro atoms. The first-order chi connectivity index (χ1) is 7.59. The number of aromatic amines is 1. The summed E-state index contributed by atoms with van der Waals surface area (Å²) in [6, 6.07) is 0. The minimum Gasteiger partial charge on any atom is -0.390 e. The molecule has 0 amide bonds. The lowest BCUT2D eigenvalue weighted by Crippen LogP contribution is -2.53. The van der Waals surface area contributed by atoms with Gasteiger partial charge in [-0.3, -0.25) is 0 Å². The van der Waals surface area contributed by atoms with Gasteiger partial charge in [0.15, 0.2) is 4.77 Å². The maximum atomic E-state index is 9.26. The Morgan fingerprint density at radius 2 is 2.25 bits per heavy atom. The van der Waals surface area contributed by atoms with Crippen molar-refractivity contribution in [1.82, 2.24) is 14.5 Å². The Kier molecular flexibility index (Phi) is 3.19. The summed E-state index contributed by atoms with van der Waals surface area (Å²) in [5.41, 5.74) is 1.10. The fourth-order valence-electron chi connectivity index (χ4n) is 2.36. The molecule has 0 aliphatic heterocycles. The molecule has 1 aliphatic carbocycles. The lowest BCUT2D eigenvalue weighted by atomic mass is 9.75. The number of imidazole rings is 1. The monoisotopic (exact) mass is 241 g/mol. The highest BCUT2D eigenvalue weighted by Gasteiger charge is 2.39. The molecule has 0 unspecified atom stereocenters. The van der Waals surface area contributed by atoms with Crippen LogP contribution in [0.25, 0.3) is 0 Å². The number of nitrogens with one attached hydrogen (secondary N) is 1. The second kappa shape index (κ2) is 4.31. The molecule has 0 radical (unpaired) electrons. The van der Waals surface area contributed by atoms with E-state index in [1.807, 2.05) is 4.57 Å². The number of H-pyrrole nitrogens is 1. The third-order valence-corrected chi connectivity index (χ3v) is 4.14. The second-order valence-corrected chi connectivity index (χ2v) is 5.19. The van der Waals surface area contributed by atoms with Gasteiger partial charge in [-0.25, -0.2) is 0 Å². The maximum Gasteiger partial charge on any atom is 0.177 e. The number of hydrogen-bond acceptors (Lipinski definition) is 3. The van der Waals surface area contributed by atoms with Crippen molar-refractivity contribution in [2.45, 2.75) is 38.0 Å². The van der Waals surface area contributed by atoms with Crippen LogP contribution in [-0.2, 0) is 13.2 Å². The minimum atomic E-state index is 0.0383. The standard InChI is InChI=1S/C11H19N3OS/c1-13(2)11(4-3-5-11)8-14-9(7-15)6-12-10(14)16/h6,15H,3-5,7-8H2,1-2H3,(H,12,16). The van der Waals surface area contributed by atoms with Crippen LogP contribution in [0.1, 0.15) is 25.0 Å². The lowest BCUT2D eigenvalue weighted by molar-refractivity contribution is 0.0403. The molecule has 1 saturated carbocycles. The van der Waals surface area contributed by atoms with Crippen molar-refractivity contribution < 1.29 is 5.11 Å². The first kappa shape index (κ1) is 11.8. The SMILES string of the molecule is CN(C)C1(Cn2c(CO)c[nH]c2=S)CCC1. The molecule has 2 N–H and O–H groups in total. The van der Waals surface area contributed by atoms with Crippen molar-refractivity contribution in [3.8, 4) is 0 Å². The van der Waals surface area contributed by atoms with Crippen molar-refractivity contribution in [3.05, 3.63) is 16.7 Å². The summed E-state index contributed by atoms with van der Waals surface area (Å²) in [6.07, 6.45) is 5.49. The van der Waals surface area contributed by atoms with Gasteiger partial charge < -0.3 is 19.6 Å². The average molecular weight is 241 g/mol. The number of rotatable bonds is 4. The summed E-state index contributed by atoms with van der Waals surface area (Å²) >= 11 is 5.24. The molecule has 1 fully saturated rings. The number of aliphatic hydroxyl groups is 1. The number of aromatic nitrogens is 2. The molecule has 0 saturated heterocycles. The number of aliphatic hydroxyl groups excluding tert-OH is 1. The van der Waals surface area contributed by atoms with E-state index in [0.29, 0.717) is 4.77 Å². The largest absolute Gasteiger partial charge is 0.390 e. The van der Waals surface area contributed by atoms with Crippen LogP contribution in [0.2, 0.25) is 0 Å². The van der Waals surface area contributed by atoms with E-state index in [2.05, 4.69) is 24.0 Å². The van der Waals surface area contributed by atoms with Gasteiger partial charge in [-0.1, -0.05) is 0 Å². The molecule has 1 aliphatic rings. The van der Waals surface area contributed by atoms with Gasteiger partial charge in [0.25, 0.3) is 0 Å². The highest BCUT2D eigenvalue weighted by molar-refractivity contribution is 7.71. The zero-order chi connectivity index (χ0) is 11.8. The Bertz CT molecular complexity index is 417. The molecule has 1 aromatic rings. The Morgan fingerprint density at radius 3 is 2.69 bits per heavy atom. The molecule has 0 aromatic carbocycles. The van der Waals surface area contributed by atoms with Crippen LogP contribution in [0, 0.1) is 4.77 Å². The molecule has 0 bridgehead atoms. The van der Waals surface area contributed by atoms with E-state index in [4.69, 9.17) is 12.2 Å². The van der Waals surface area contributed by atoms with Crippen LogP contribution in [0.3, 0.4) is 0 Å². The molecule has 90 valence electrons. The topological polar surface area (TPSA) is 44.2 Å². The van der Waals surface area contributed by atoms with Crippen molar-refractivity contribution in [3.63, 3.8) is 0 Å². The zero-order valence-electron chi connectivity index (χ0n) is 9.86. The van der Waals surface area contributed by atoms with Gasteiger partial charge in [0.2, 0.25) is 0 Å². The van der Waals surface area contributed by atoms with Gasteiger partial charge in [-0.05, 0) is 45.6 Å². The van der Waals surface area contributed by atoms with Gasteiger partial charge in [-0.15, -0.1) is 0 Å². The first-order valence-electron chi connectivity index (χ1n) is 5.64. The predicted molar refractivity (Wildman–Crippen MR) is 65.8 cm³/mol. The lowest BCUT2D eigenvalue weighted by Gasteiger charge is -2.47. The molecule has 2 rings (SSSR count). The average Bonchev–Trinajstić information content (AvgIpc) is 2.52. The zero-order valence-corrected chi connectivity index (χ0v) is 10.7. The van der Waals surface area contributed by atoms with Gasteiger partial charge in [0, 0.05) is 18.3 Å². The van der Waals surface area contributed by atoms with Gasteiger partial charge in [0.05, 0.1) is 12.3 Å². The van der Waals surface area contributed by atoms with Crippen molar-refractivity contribution in [2.24, 2.45) is 0 Å². The maximum absolute atomic E-state index is 9.26. The van der Waals surface area contributed by atoms with E-state index in [0.717, 1.165) is 12.2 Å². The van der Waals surface area contributed by atoms with Crippen LogP contribution in [-0.4, -0.2) is 39.2 Å². The van der Waals surface area contributed by atoms with Crippen LogP contribution in [0.4, 0.5) is 0 Å². The van der Waals surface area contributed by atoms with Crippen LogP contribution in [0.15, 0.2) is 6.20 Å². The summed E-state index contributed by atoms with van der Waals surface area (Å²) in [5, 5.41) is 9.26. The second-order valence-electron chi connectivity index (χ2n) is 4.80. The first-order valence-corrected chi connectivity index (χ1v) is 6.05. The number of hydrogen-bond donors (Lipinski definition) is 2. The van der Waals surface area contributed by atoms with Crippen molar-refractivity contribution in [1.29, 1.82) is 0 Å². The third kappa shape index (κ3) is 1.83. The fourth-order valence-corrected chi connectivity index (χ4v) is 2.60. The predicted octanol–water partition coefficient (Wildman–Crippen LogP) is 1.52. The third-order valence-electron chi connectivity index (χ3n) is 3.80.